The van der Waals surface area contributed by atoms with Crippen molar-refractivity contribution in [3.05, 3.63) is 0 Å². The van der Waals surface area contributed by atoms with E-state index >= 15 is 0 Å². The molecule has 0 heterocycles. The van der Waals surface area contributed by atoms with Crippen molar-refractivity contribution >= 4 is 18.1 Å². The van der Waals surface area contributed by atoms with Crippen molar-refractivity contribution in [1.29, 1.82) is 0 Å². The van der Waals surface area contributed by atoms with Crippen molar-refractivity contribution in [3.8, 4) is 0 Å². The fraction of sp³-hybridized carbons (Fsp3) is 0. The summed E-state index contributed by atoms with van der Waals surface area (Å²) in [6.45, 7) is 0. The Balaban J connectivity index is -0.000000320. The van der Waals surface area contributed by atoms with Gasteiger partial charge in [-0.25, -0.2) is 0 Å². The smallest absolute Gasteiger partial charge is 0.829 e. The van der Waals surface area contributed by atoms with Gasteiger partial charge in [-0.15, -0.1) is 0 Å². The molecule has 0 saturated heterocycles. The van der Waals surface area contributed by atoms with Crippen LogP contribution in [-0.4, -0.2) is 37.3 Å². The first kappa shape index (κ1) is 19.4. The molecule has 11 heavy (non-hydrogen) atoms. The van der Waals surface area contributed by atoms with Crippen molar-refractivity contribution < 1.29 is 114 Å². The maximum atomic E-state index is 9.59. The van der Waals surface area contributed by atoms with Crippen LogP contribution in [0.2, 0.25) is 0 Å². The second-order valence-electron chi connectivity index (χ2n) is 1.20. The molecule has 0 saturated carbocycles. The minimum Gasteiger partial charge on any atom is -0.829 e. The number of hydrogen-bond acceptors (Lipinski definition) is 7. The van der Waals surface area contributed by atoms with Gasteiger partial charge in [-0.05, 0) is 0 Å². The molecular formula is H4KNaO7Si2. The Bertz CT molecular complexity index is 81.6. The first-order chi connectivity index (χ1) is 3.71. The molecule has 0 aliphatic carbocycles. The number of rotatable bonds is 2. The predicted molar refractivity (Wildman–Crippen MR) is 21.5 cm³/mol. The molecule has 7 nitrogen and oxygen atoms in total. The van der Waals surface area contributed by atoms with E-state index in [4.69, 9.17) is 19.2 Å². The van der Waals surface area contributed by atoms with Gasteiger partial charge in [0.15, 0.2) is 0 Å². The van der Waals surface area contributed by atoms with Crippen LogP contribution >= 0.6 is 0 Å². The topological polar surface area (TPSA) is 136 Å². The molecule has 0 bridgehead atoms. The zero-order valence-electron chi connectivity index (χ0n) is 6.01. The summed E-state index contributed by atoms with van der Waals surface area (Å²) < 4.78 is 3.01. The van der Waals surface area contributed by atoms with Gasteiger partial charge in [0.25, 0.3) is 0 Å². The molecule has 0 amide bonds. The van der Waals surface area contributed by atoms with E-state index in [2.05, 4.69) is 4.12 Å². The van der Waals surface area contributed by atoms with Crippen molar-refractivity contribution in [1.82, 2.24) is 0 Å². The number of hydrogen-bond donors (Lipinski definition) is 4. The van der Waals surface area contributed by atoms with Crippen LogP contribution in [0.25, 0.3) is 0 Å². The van der Waals surface area contributed by atoms with Crippen molar-refractivity contribution in [3.63, 3.8) is 0 Å². The zero-order chi connectivity index (χ0) is 7.71. The van der Waals surface area contributed by atoms with Gasteiger partial charge in [-0.3, -0.25) is 0 Å². The van der Waals surface area contributed by atoms with Gasteiger partial charge in [0.2, 0.25) is 0 Å². The summed E-state index contributed by atoms with van der Waals surface area (Å²) in [5, 5.41) is 0. The van der Waals surface area contributed by atoms with Crippen molar-refractivity contribution in [2.75, 3.05) is 0 Å². The molecule has 11 heteroatoms. The summed E-state index contributed by atoms with van der Waals surface area (Å²) in [7, 11) is -10.6. The van der Waals surface area contributed by atoms with E-state index in [0.29, 0.717) is 0 Å². The van der Waals surface area contributed by atoms with E-state index in [1.165, 1.54) is 0 Å². The molecule has 0 spiro atoms. The standard InChI is InChI=1S/K.Na.H4O7Si2/c;;1-8(2,3)7-9(4,5)6/h;;1-4H/q2*+1;-2. The molecule has 4 N–H and O–H groups in total. The summed E-state index contributed by atoms with van der Waals surface area (Å²) in [6, 6.07) is 0. The van der Waals surface area contributed by atoms with Crippen LogP contribution in [-0.2, 0) is 4.12 Å². The van der Waals surface area contributed by atoms with E-state index in [-0.39, 0.29) is 80.9 Å². The molecule has 0 aromatic heterocycles. The van der Waals surface area contributed by atoms with Crippen LogP contribution < -0.4 is 90.5 Å². The molecule has 0 aromatic rings. The third-order valence-corrected chi connectivity index (χ3v) is 2.39. The van der Waals surface area contributed by atoms with Crippen LogP contribution in [0.5, 0.6) is 0 Å². The largest absolute Gasteiger partial charge is 1.00 e. The average Bonchev–Trinajstić information content (AvgIpc) is 1.14. The van der Waals surface area contributed by atoms with Crippen LogP contribution in [0, 0.1) is 0 Å². The first-order valence-electron chi connectivity index (χ1n) is 1.71. The van der Waals surface area contributed by atoms with Gasteiger partial charge >= 0.3 is 90.0 Å². The van der Waals surface area contributed by atoms with E-state index < -0.39 is 18.1 Å². The minimum absolute atomic E-state index is 0. The van der Waals surface area contributed by atoms with Gasteiger partial charge in [-0.1, -0.05) is 0 Å². The minimum atomic E-state index is -5.48. The van der Waals surface area contributed by atoms with E-state index in [0.717, 1.165) is 0 Å². The molecule has 0 fully saturated rings. The molecule has 0 aliphatic rings. The Morgan fingerprint density at radius 2 is 1.27 bits per heavy atom. The first-order valence-corrected chi connectivity index (χ1v) is 5.13. The van der Waals surface area contributed by atoms with Crippen LogP contribution in [0.4, 0.5) is 0 Å². The maximum absolute atomic E-state index is 9.59. The fourth-order valence-corrected chi connectivity index (χ4v) is 1.56. The maximum Gasteiger partial charge on any atom is 1.00 e. The third kappa shape index (κ3) is 19.3. The summed E-state index contributed by atoms with van der Waals surface area (Å²) in [5.74, 6) is 0. The molecule has 0 unspecified atom stereocenters. The van der Waals surface area contributed by atoms with Crippen molar-refractivity contribution in [2.24, 2.45) is 0 Å². The summed E-state index contributed by atoms with van der Waals surface area (Å²) in [6.07, 6.45) is 0. The van der Waals surface area contributed by atoms with E-state index in [1.807, 2.05) is 0 Å². The van der Waals surface area contributed by atoms with Crippen molar-refractivity contribution in [2.45, 2.75) is 0 Å². The van der Waals surface area contributed by atoms with Gasteiger partial charge in [0, 0.05) is 0 Å². The van der Waals surface area contributed by atoms with Crippen LogP contribution in [0.3, 0.4) is 0 Å². The SMILES string of the molecule is [K+].[Na+].[O-][Si]([O-])(O)O[Si](O)(O)O. The Morgan fingerprint density at radius 3 is 1.27 bits per heavy atom. The van der Waals surface area contributed by atoms with Crippen LogP contribution in [0.15, 0.2) is 0 Å². The van der Waals surface area contributed by atoms with Gasteiger partial charge < -0.3 is 32.9 Å². The monoisotopic (exact) mass is 234 g/mol. The van der Waals surface area contributed by atoms with E-state index in [9.17, 15) is 9.59 Å². The van der Waals surface area contributed by atoms with E-state index in [1.54, 1.807) is 0 Å². The summed E-state index contributed by atoms with van der Waals surface area (Å²) >= 11 is 0. The molecule has 0 radical (unpaired) electrons. The van der Waals surface area contributed by atoms with Gasteiger partial charge in [0.1, 0.15) is 9.05 Å². The molecule has 0 aromatic carbocycles. The molecular weight excluding hydrogens is 230 g/mol. The van der Waals surface area contributed by atoms with Crippen LogP contribution in [0.1, 0.15) is 0 Å². The Labute approximate surface area is 129 Å². The second kappa shape index (κ2) is 7.13. The quantitative estimate of drug-likeness (QED) is 0.348. The predicted octanol–water partition coefficient (Wildman–Crippen LogP) is -11.4. The molecule has 0 aliphatic heterocycles. The Hall–Kier alpha value is 2.79. The molecule has 56 valence electrons. The second-order valence-corrected chi connectivity index (χ2v) is 4.21. The molecule has 0 rings (SSSR count). The normalized spacial score (nSPS) is 11.5. The molecule has 0 atom stereocenters. The van der Waals surface area contributed by atoms with Gasteiger partial charge in [0.05, 0.1) is 0 Å². The average molecular weight is 234 g/mol. The Kier molecular flexibility index (Phi) is 12.6. The summed E-state index contributed by atoms with van der Waals surface area (Å²) in [5.41, 5.74) is 0. The third-order valence-electron chi connectivity index (χ3n) is 0.266. The van der Waals surface area contributed by atoms with Gasteiger partial charge in [-0.2, -0.15) is 0 Å². The Morgan fingerprint density at radius 1 is 1.00 bits per heavy atom. The summed E-state index contributed by atoms with van der Waals surface area (Å²) in [4.78, 5) is 50.5. The zero-order valence-corrected chi connectivity index (χ0v) is 13.1. The fourth-order valence-electron chi connectivity index (χ4n) is 0.173.